The standard InChI is InChI=1S/C13H10ClN5O/c14-11-5-6-12(17-16-11)19(13(15)20)18-8-7-9-3-1-2-4-10(9)18/h1-8H,(H2,15,20). The molecule has 2 heterocycles. The van der Waals surface area contributed by atoms with Gasteiger partial charge in [0.05, 0.1) is 5.52 Å². The van der Waals surface area contributed by atoms with Gasteiger partial charge in [-0.3, -0.25) is 4.68 Å². The van der Waals surface area contributed by atoms with Gasteiger partial charge in [0.1, 0.15) is 0 Å². The van der Waals surface area contributed by atoms with Gasteiger partial charge in [0.25, 0.3) is 0 Å². The first-order chi connectivity index (χ1) is 9.66. The van der Waals surface area contributed by atoms with E-state index in [1.54, 1.807) is 23.0 Å². The Morgan fingerprint density at radius 1 is 1.15 bits per heavy atom. The molecule has 0 fully saturated rings. The number of halogens is 1. The molecule has 2 N–H and O–H groups in total. The summed E-state index contributed by atoms with van der Waals surface area (Å²) in [5.74, 6) is 0.295. The fourth-order valence-corrected chi connectivity index (χ4v) is 2.09. The van der Waals surface area contributed by atoms with Crippen molar-refractivity contribution in [2.75, 3.05) is 5.01 Å². The van der Waals surface area contributed by atoms with E-state index in [4.69, 9.17) is 17.3 Å². The van der Waals surface area contributed by atoms with Crippen molar-refractivity contribution in [3.05, 3.63) is 53.8 Å². The molecule has 2 amide bonds. The first-order valence-electron chi connectivity index (χ1n) is 5.82. The summed E-state index contributed by atoms with van der Waals surface area (Å²) in [4.78, 5) is 11.8. The van der Waals surface area contributed by atoms with Crippen LogP contribution in [0.25, 0.3) is 10.9 Å². The highest BCUT2D eigenvalue weighted by atomic mass is 35.5. The molecule has 0 aliphatic heterocycles. The molecule has 6 nitrogen and oxygen atoms in total. The van der Waals surface area contributed by atoms with E-state index in [1.165, 1.54) is 5.01 Å². The largest absolute Gasteiger partial charge is 0.350 e. The Balaban J connectivity index is 2.16. The number of nitrogens with zero attached hydrogens (tertiary/aromatic N) is 4. The SMILES string of the molecule is NC(=O)N(c1ccc(Cl)nn1)n1ccc2ccccc21. The van der Waals surface area contributed by atoms with E-state index < -0.39 is 6.03 Å². The summed E-state index contributed by atoms with van der Waals surface area (Å²) in [6.07, 6.45) is 1.74. The number of anilines is 1. The summed E-state index contributed by atoms with van der Waals surface area (Å²) in [7, 11) is 0. The number of primary amides is 1. The topological polar surface area (TPSA) is 77.0 Å². The van der Waals surface area contributed by atoms with Crippen molar-refractivity contribution in [2.24, 2.45) is 5.73 Å². The zero-order valence-electron chi connectivity index (χ0n) is 10.3. The molecule has 20 heavy (non-hydrogen) atoms. The zero-order valence-corrected chi connectivity index (χ0v) is 11.0. The van der Waals surface area contributed by atoms with Gasteiger partial charge >= 0.3 is 6.03 Å². The first kappa shape index (κ1) is 12.4. The normalized spacial score (nSPS) is 10.7. The van der Waals surface area contributed by atoms with Crippen molar-refractivity contribution < 1.29 is 4.79 Å². The number of fused-ring (bicyclic) bond motifs is 1. The van der Waals surface area contributed by atoms with Gasteiger partial charge < -0.3 is 5.73 Å². The Morgan fingerprint density at radius 2 is 1.95 bits per heavy atom. The molecule has 0 atom stereocenters. The van der Waals surface area contributed by atoms with Crippen LogP contribution >= 0.6 is 11.6 Å². The van der Waals surface area contributed by atoms with Crippen LogP contribution in [0.4, 0.5) is 10.6 Å². The molecule has 0 saturated carbocycles. The second-order valence-corrected chi connectivity index (χ2v) is 4.47. The van der Waals surface area contributed by atoms with Gasteiger partial charge in [-0.1, -0.05) is 29.8 Å². The summed E-state index contributed by atoms with van der Waals surface area (Å²) < 4.78 is 1.62. The van der Waals surface area contributed by atoms with Gasteiger partial charge in [0, 0.05) is 11.6 Å². The smallest absolute Gasteiger partial charge is 0.340 e. The Hall–Kier alpha value is -2.60. The van der Waals surface area contributed by atoms with Crippen molar-refractivity contribution >= 4 is 34.4 Å². The van der Waals surface area contributed by atoms with Crippen LogP contribution < -0.4 is 10.7 Å². The Labute approximate surface area is 119 Å². The van der Waals surface area contributed by atoms with Crippen molar-refractivity contribution in [2.45, 2.75) is 0 Å². The van der Waals surface area contributed by atoms with Gasteiger partial charge in [-0.25, -0.2) is 4.79 Å². The van der Waals surface area contributed by atoms with Crippen LogP contribution in [0.2, 0.25) is 5.15 Å². The van der Waals surface area contributed by atoms with Crippen molar-refractivity contribution in [1.29, 1.82) is 0 Å². The molecule has 2 aromatic heterocycles. The number of hydrogen-bond donors (Lipinski definition) is 1. The highest BCUT2D eigenvalue weighted by molar-refractivity contribution is 6.29. The third-order valence-corrected chi connectivity index (χ3v) is 3.04. The van der Waals surface area contributed by atoms with E-state index in [2.05, 4.69) is 10.2 Å². The van der Waals surface area contributed by atoms with E-state index >= 15 is 0 Å². The average Bonchev–Trinajstić information content (AvgIpc) is 2.85. The number of aromatic nitrogens is 3. The van der Waals surface area contributed by atoms with Gasteiger partial charge in [-0.05, 0) is 24.3 Å². The van der Waals surface area contributed by atoms with E-state index in [9.17, 15) is 4.79 Å². The molecule has 3 rings (SSSR count). The molecule has 0 spiro atoms. The number of rotatable bonds is 2. The average molecular weight is 288 g/mol. The second kappa shape index (κ2) is 4.82. The molecular weight excluding hydrogens is 278 g/mol. The first-order valence-corrected chi connectivity index (χ1v) is 6.20. The number of benzene rings is 1. The lowest BCUT2D eigenvalue weighted by Crippen LogP contribution is -2.40. The van der Waals surface area contributed by atoms with Gasteiger partial charge in [-0.2, -0.15) is 5.01 Å². The second-order valence-electron chi connectivity index (χ2n) is 4.08. The van der Waals surface area contributed by atoms with Gasteiger partial charge in [-0.15, -0.1) is 10.2 Å². The number of carbonyl (C=O) groups is 1. The molecule has 3 aromatic rings. The maximum atomic E-state index is 11.8. The molecule has 0 saturated heterocycles. The summed E-state index contributed by atoms with van der Waals surface area (Å²) in [6, 6.07) is 12.0. The van der Waals surface area contributed by atoms with Gasteiger partial charge in [0.2, 0.25) is 0 Å². The van der Waals surface area contributed by atoms with Crippen LogP contribution in [0, 0.1) is 0 Å². The number of amides is 2. The quantitative estimate of drug-likeness (QED) is 0.786. The van der Waals surface area contributed by atoms with Gasteiger partial charge in [0.15, 0.2) is 11.0 Å². The summed E-state index contributed by atoms with van der Waals surface area (Å²) in [5, 5.41) is 10.1. The van der Waals surface area contributed by atoms with Crippen LogP contribution in [-0.2, 0) is 0 Å². The van der Waals surface area contributed by atoms with E-state index in [1.807, 2.05) is 30.3 Å². The highest BCUT2D eigenvalue weighted by Crippen LogP contribution is 2.20. The van der Waals surface area contributed by atoms with E-state index in [0.717, 1.165) is 10.9 Å². The molecule has 7 heteroatoms. The maximum Gasteiger partial charge on any atom is 0.340 e. The fourth-order valence-electron chi connectivity index (χ4n) is 1.99. The van der Waals surface area contributed by atoms with E-state index in [-0.39, 0.29) is 5.15 Å². The minimum absolute atomic E-state index is 0.246. The number of para-hydroxylation sites is 1. The monoisotopic (exact) mass is 287 g/mol. The summed E-state index contributed by atoms with van der Waals surface area (Å²) in [5.41, 5.74) is 6.29. The summed E-state index contributed by atoms with van der Waals surface area (Å²) >= 11 is 5.70. The molecule has 1 aromatic carbocycles. The molecular formula is C13H10ClN5O. The predicted molar refractivity (Wildman–Crippen MR) is 76.4 cm³/mol. The third kappa shape index (κ3) is 2.06. The summed E-state index contributed by atoms with van der Waals surface area (Å²) in [6.45, 7) is 0. The predicted octanol–water partition coefficient (Wildman–Crippen LogP) is 2.43. The van der Waals surface area contributed by atoms with Crippen molar-refractivity contribution in [3.63, 3.8) is 0 Å². The number of hydrogen-bond acceptors (Lipinski definition) is 3. The van der Waals surface area contributed by atoms with E-state index in [0.29, 0.717) is 5.82 Å². The van der Waals surface area contributed by atoms with Crippen molar-refractivity contribution in [3.8, 4) is 0 Å². The number of nitrogens with two attached hydrogens (primary N) is 1. The minimum Gasteiger partial charge on any atom is -0.350 e. The Morgan fingerprint density at radius 3 is 2.65 bits per heavy atom. The number of carbonyl (C=O) groups excluding carboxylic acids is 1. The lowest BCUT2D eigenvalue weighted by Gasteiger charge is -2.20. The maximum absolute atomic E-state index is 11.8. The third-order valence-electron chi connectivity index (χ3n) is 2.84. The molecule has 0 bridgehead atoms. The zero-order chi connectivity index (χ0) is 14.1. The highest BCUT2D eigenvalue weighted by Gasteiger charge is 2.18. The molecule has 0 unspecified atom stereocenters. The van der Waals surface area contributed by atoms with Crippen molar-refractivity contribution in [1.82, 2.24) is 14.9 Å². The minimum atomic E-state index is -0.664. The van der Waals surface area contributed by atoms with Crippen LogP contribution in [0.15, 0.2) is 48.7 Å². The lowest BCUT2D eigenvalue weighted by atomic mass is 10.3. The van der Waals surface area contributed by atoms with Crippen LogP contribution in [-0.4, -0.2) is 20.9 Å². The molecule has 0 radical (unpaired) electrons. The molecule has 100 valence electrons. The fraction of sp³-hybridized carbons (Fsp3) is 0. The Bertz CT molecular complexity index is 768. The van der Waals surface area contributed by atoms with Crippen LogP contribution in [0.1, 0.15) is 0 Å². The molecule has 0 aliphatic rings. The van der Waals surface area contributed by atoms with Crippen LogP contribution in [0.3, 0.4) is 0 Å². The Kier molecular flexibility index (Phi) is 3.00. The molecule has 0 aliphatic carbocycles. The number of urea groups is 1. The van der Waals surface area contributed by atoms with Crippen LogP contribution in [0.5, 0.6) is 0 Å². The lowest BCUT2D eigenvalue weighted by molar-refractivity contribution is 0.252.